The minimum atomic E-state index is -4.33. The molecule has 142 valence electrons. The molecule has 0 atom stereocenters. The molecular weight excluding hydrogens is 361 g/mol. The van der Waals surface area contributed by atoms with Crippen molar-refractivity contribution < 1.29 is 26.4 Å². The van der Waals surface area contributed by atoms with Gasteiger partial charge in [0.1, 0.15) is 0 Å². The summed E-state index contributed by atoms with van der Waals surface area (Å²) in [5, 5.41) is 0.832. The van der Waals surface area contributed by atoms with Gasteiger partial charge in [-0.1, -0.05) is 36.4 Å². The Morgan fingerprint density at radius 3 is 1.42 bits per heavy atom. The molecule has 26 heavy (non-hydrogen) atoms. The van der Waals surface area contributed by atoms with Gasteiger partial charge in [0.05, 0.1) is 5.56 Å². The van der Waals surface area contributed by atoms with E-state index < -0.39 is 20.5 Å². The zero-order valence-corrected chi connectivity index (χ0v) is 16.1. The number of hydrogen-bond acceptors (Lipinski definition) is 3. The van der Waals surface area contributed by atoms with Crippen molar-refractivity contribution in [1.82, 2.24) is 0 Å². The van der Waals surface area contributed by atoms with Gasteiger partial charge in [-0.15, -0.1) is 0 Å². The molecule has 0 aliphatic rings. The maximum atomic E-state index is 12.7. The van der Waals surface area contributed by atoms with Crippen molar-refractivity contribution in [1.29, 1.82) is 0 Å². The number of alkyl halides is 3. The van der Waals surface area contributed by atoms with E-state index in [0.29, 0.717) is 25.4 Å². The van der Waals surface area contributed by atoms with Crippen LogP contribution in [0.15, 0.2) is 48.5 Å². The predicted octanol–water partition coefficient (Wildman–Crippen LogP) is 4.63. The first kappa shape index (κ1) is 20.6. The second-order valence-corrected chi connectivity index (χ2v) is 8.06. The van der Waals surface area contributed by atoms with Crippen molar-refractivity contribution in [2.45, 2.75) is 26.9 Å². The second kappa shape index (κ2) is 8.81. The lowest BCUT2D eigenvalue weighted by Gasteiger charge is -2.28. The van der Waals surface area contributed by atoms with Crippen LogP contribution in [0.25, 0.3) is 11.1 Å². The molecule has 0 spiro atoms. The summed E-state index contributed by atoms with van der Waals surface area (Å²) in [6.07, 6.45) is -4.33. The Kier molecular flexibility index (Phi) is 6.99. The van der Waals surface area contributed by atoms with Crippen LogP contribution >= 0.6 is 0 Å². The summed E-state index contributed by atoms with van der Waals surface area (Å²) in [7, 11) is -2.98. The number of benzene rings is 2. The topological polar surface area (TPSA) is 27.7 Å². The van der Waals surface area contributed by atoms with E-state index in [1.54, 1.807) is 0 Å². The third kappa shape index (κ3) is 4.73. The fourth-order valence-electron chi connectivity index (χ4n) is 2.66. The molecule has 0 aliphatic heterocycles. The van der Waals surface area contributed by atoms with Crippen LogP contribution in [-0.2, 0) is 19.5 Å². The first-order valence-corrected chi connectivity index (χ1v) is 10.3. The van der Waals surface area contributed by atoms with E-state index in [0.717, 1.165) is 22.9 Å². The predicted molar refractivity (Wildman–Crippen MR) is 97.1 cm³/mol. The van der Waals surface area contributed by atoms with Gasteiger partial charge in [-0.2, -0.15) is 13.2 Å². The van der Waals surface area contributed by atoms with Gasteiger partial charge in [0.2, 0.25) is 0 Å². The molecule has 0 heterocycles. The van der Waals surface area contributed by atoms with Crippen molar-refractivity contribution in [2.75, 3.05) is 19.8 Å². The maximum absolute atomic E-state index is 12.7. The first-order valence-electron chi connectivity index (χ1n) is 8.56. The maximum Gasteiger partial charge on any atom is 0.537 e. The van der Waals surface area contributed by atoms with Crippen molar-refractivity contribution in [2.24, 2.45) is 0 Å². The Labute approximate surface area is 153 Å². The van der Waals surface area contributed by atoms with Gasteiger partial charge in [-0.25, -0.2) is 0 Å². The Morgan fingerprint density at radius 2 is 1.08 bits per heavy atom. The number of rotatable bonds is 8. The van der Waals surface area contributed by atoms with E-state index in [1.165, 1.54) is 12.1 Å². The van der Waals surface area contributed by atoms with Crippen molar-refractivity contribution in [3.05, 3.63) is 54.1 Å². The molecule has 0 radical (unpaired) electrons. The smallest absolute Gasteiger partial charge is 0.370 e. The van der Waals surface area contributed by atoms with Crippen molar-refractivity contribution in [3.8, 4) is 11.1 Å². The lowest BCUT2D eigenvalue weighted by molar-refractivity contribution is -0.137. The molecule has 0 unspecified atom stereocenters. The van der Waals surface area contributed by atoms with Gasteiger partial charge in [0.25, 0.3) is 0 Å². The Bertz CT molecular complexity index is 668. The van der Waals surface area contributed by atoms with Crippen LogP contribution in [0.1, 0.15) is 26.3 Å². The monoisotopic (exact) mass is 384 g/mol. The largest absolute Gasteiger partial charge is 0.537 e. The molecule has 0 amide bonds. The van der Waals surface area contributed by atoms with Crippen molar-refractivity contribution >= 4 is 14.0 Å². The molecule has 0 aromatic heterocycles. The molecule has 0 N–H and O–H groups in total. The SMILES string of the molecule is CCO[Si](OCC)(OCC)c1ccc(-c2ccc(C(F)(F)F)cc2)cc1. The summed E-state index contributed by atoms with van der Waals surface area (Å²) in [6.45, 7) is 7.05. The molecular formula is C19H23F3O3Si. The molecule has 0 saturated heterocycles. The van der Waals surface area contributed by atoms with Gasteiger partial charge in [0, 0.05) is 25.0 Å². The second-order valence-electron chi connectivity index (χ2n) is 5.51. The molecule has 3 nitrogen and oxygen atoms in total. The third-order valence-electron chi connectivity index (χ3n) is 3.79. The summed E-state index contributed by atoms with van der Waals surface area (Å²) in [5.41, 5.74) is 0.865. The Balaban J connectivity index is 2.30. The number of hydrogen-bond donors (Lipinski definition) is 0. The fraction of sp³-hybridized carbons (Fsp3) is 0.368. The van der Waals surface area contributed by atoms with E-state index >= 15 is 0 Å². The average molecular weight is 384 g/mol. The Morgan fingerprint density at radius 1 is 0.692 bits per heavy atom. The van der Waals surface area contributed by atoms with Crippen molar-refractivity contribution in [3.63, 3.8) is 0 Å². The van der Waals surface area contributed by atoms with Crippen LogP contribution in [0.4, 0.5) is 13.2 Å². The fourth-order valence-corrected chi connectivity index (χ4v) is 5.13. The molecule has 2 aromatic rings. The van der Waals surface area contributed by atoms with Gasteiger partial charge in [0.15, 0.2) is 0 Å². The van der Waals surface area contributed by atoms with Crippen LogP contribution in [0.2, 0.25) is 0 Å². The summed E-state index contributed by atoms with van der Waals surface area (Å²) in [5.74, 6) is 0. The molecule has 7 heteroatoms. The van der Waals surface area contributed by atoms with Crippen LogP contribution in [0, 0.1) is 0 Å². The molecule has 2 rings (SSSR count). The molecule has 0 aliphatic carbocycles. The molecule has 0 bridgehead atoms. The van der Waals surface area contributed by atoms with Crippen LogP contribution in [0.5, 0.6) is 0 Å². The third-order valence-corrected chi connectivity index (χ3v) is 6.83. The summed E-state index contributed by atoms with van der Waals surface area (Å²) >= 11 is 0. The van der Waals surface area contributed by atoms with Gasteiger partial charge < -0.3 is 13.3 Å². The highest BCUT2D eigenvalue weighted by Crippen LogP contribution is 2.30. The summed E-state index contributed by atoms with van der Waals surface area (Å²) < 4.78 is 55.7. The highest BCUT2D eigenvalue weighted by atomic mass is 28.4. The van der Waals surface area contributed by atoms with Gasteiger partial charge in [-0.05, 0) is 44.0 Å². The summed E-state index contributed by atoms with van der Waals surface area (Å²) in [4.78, 5) is 0. The standard InChI is InChI=1S/C19H23F3O3Si/c1-4-23-26(24-5-2,25-6-3)18-13-9-16(10-14-18)15-7-11-17(12-8-15)19(20,21)22/h7-14H,4-6H2,1-3H3. The average Bonchev–Trinajstić information content (AvgIpc) is 2.62. The molecule has 0 fully saturated rings. The molecule has 2 aromatic carbocycles. The highest BCUT2D eigenvalue weighted by Gasteiger charge is 2.43. The van der Waals surface area contributed by atoms with Gasteiger partial charge >= 0.3 is 15.0 Å². The lowest BCUT2D eigenvalue weighted by atomic mass is 10.0. The van der Waals surface area contributed by atoms with E-state index in [-0.39, 0.29) is 0 Å². The lowest BCUT2D eigenvalue weighted by Crippen LogP contribution is -2.56. The Hall–Kier alpha value is -1.67. The first-order chi connectivity index (χ1) is 12.4. The van der Waals surface area contributed by atoms with Gasteiger partial charge in [-0.3, -0.25) is 0 Å². The van der Waals surface area contributed by atoms with E-state index in [9.17, 15) is 13.2 Å². The zero-order chi connectivity index (χ0) is 19.2. The van der Waals surface area contributed by atoms with Crippen LogP contribution in [-0.4, -0.2) is 28.6 Å². The molecule has 0 saturated carbocycles. The minimum Gasteiger partial charge on any atom is -0.370 e. The van der Waals surface area contributed by atoms with E-state index in [4.69, 9.17) is 13.3 Å². The van der Waals surface area contributed by atoms with E-state index in [1.807, 2.05) is 45.0 Å². The summed E-state index contributed by atoms with van der Waals surface area (Å²) in [6, 6.07) is 12.5. The van der Waals surface area contributed by atoms with Crippen LogP contribution < -0.4 is 5.19 Å². The normalized spacial score (nSPS) is 12.4. The minimum absolute atomic E-state index is 0.465. The highest BCUT2D eigenvalue weighted by molar-refractivity contribution is 6.75. The quantitative estimate of drug-likeness (QED) is 0.621. The number of halogens is 3. The van der Waals surface area contributed by atoms with E-state index in [2.05, 4.69) is 0 Å². The zero-order valence-electron chi connectivity index (χ0n) is 15.1. The van der Waals surface area contributed by atoms with Crippen LogP contribution in [0.3, 0.4) is 0 Å².